The number of pyridine rings is 1. The molecule has 0 aromatic carbocycles. The minimum absolute atomic E-state index is 0.0173. The number of aliphatic hydroxyl groups is 1. The van der Waals surface area contributed by atoms with Crippen molar-refractivity contribution < 1.29 is 13.5 Å². The summed E-state index contributed by atoms with van der Waals surface area (Å²) in [7, 11) is -3.69. The summed E-state index contributed by atoms with van der Waals surface area (Å²) in [6, 6.07) is 4.25. The molecule has 0 saturated heterocycles. The molecule has 1 N–H and O–H groups in total. The Morgan fingerprint density at radius 3 is 2.56 bits per heavy atom. The minimum Gasteiger partial charge on any atom is -0.395 e. The van der Waals surface area contributed by atoms with Gasteiger partial charge in [-0.15, -0.1) is 0 Å². The highest BCUT2D eigenvalue weighted by Gasteiger charge is 2.26. The van der Waals surface area contributed by atoms with Crippen LogP contribution in [-0.2, 0) is 10.0 Å². The van der Waals surface area contributed by atoms with Crippen LogP contribution in [0.5, 0.6) is 0 Å². The van der Waals surface area contributed by atoms with Gasteiger partial charge in [0.15, 0.2) is 0 Å². The smallest absolute Gasteiger partial charge is 0.244 e. The van der Waals surface area contributed by atoms with Gasteiger partial charge in [0, 0.05) is 18.8 Å². The summed E-state index contributed by atoms with van der Waals surface area (Å²) >= 11 is 0. The van der Waals surface area contributed by atoms with Crippen LogP contribution in [-0.4, -0.2) is 42.0 Å². The van der Waals surface area contributed by atoms with Crippen molar-refractivity contribution in [3.05, 3.63) is 24.0 Å². The van der Waals surface area contributed by atoms with Crippen molar-refractivity contribution >= 4 is 10.0 Å². The Kier molecular flexibility index (Phi) is 4.78. The van der Waals surface area contributed by atoms with E-state index >= 15 is 0 Å². The zero-order valence-electron chi connectivity index (χ0n) is 10.2. The van der Waals surface area contributed by atoms with E-state index < -0.39 is 10.0 Å². The van der Waals surface area contributed by atoms with E-state index in [0.717, 1.165) is 6.20 Å². The monoisotopic (exact) mass is 269 g/mol. The van der Waals surface area contributed by atoms with Crippen molar-refractivity contribution in [1.29, 1.82) is 5.26 Å². The molecule has 1 aromatic rings. The Morgan fingerprint density at radius 2 is 2.17 bits per heavy atom. The van der Waals surface area contributed by atoms with Crippen LogP contribution < -0.4 is 0 Å². The summed E-state index contributed by atoms with van der Waals surface area (Å²) in [5, 5.41) is 17.5. The fraction of sp³-hybridized carbons (Fsp3) is 0.455. The largest absolute Gasteiger partial charge is 0.395 e. The van der Waals surface area contributed by atoms with E-state index in [1.807, 2.05) is 6.07 Å². The molecule has 0 spiro atoms. The van der Waals surface area contributed by atoms with Crippen LogP contribution in [0.1, 0.15) is 19.5 Å². The lowest BCUT2D eigenvalue weighted by atomic mass is 10.4. The van der Waals surface area contributed by atoms with Crippen molar-refractivity contribution in [2.45, 2.75) is 24.8 Å². The van der Waals surface area contributed by atoms with Crippen molar-refractivity contribution in [3.8, 4) is 6.07 Å². The van der Waals surface area contributed by atoms with E-state index in [0.29, 0.717) is 0 Å². The molecule has 0 saturated carbocycles. The number of hydrogen-bond acceptors (Lipinski definition) is 5. The van der Waals surface area contributed by atoms with Crippen LogP contribution >= 0.6 is 0 Å². The highest BCUT2D eigenvalue weighted by Crippen LogP contribution is 2.17. The van der Waals surface area contributed by atoms with Gasteiger partial charge in [-0.25, -0.2) is 13.4 Å². The summed E-state index contributed by atoms with van der Waals surface area (Å²) in [6.45, 7) is 3.23. The van der Waals surface area contributed by atoms with Crippen LogP contribution in [0.2, 0.25) is 0 Å². The molecule has 18 heavy (non-hydrogen) atoms. The molecule has 0 amide bonds. The van der Waals surface area contributed by atoms with Gasteiger partial charge < -0.3 is 5.11 Å². The SMILES string of the molecule is CC(C)N(CCO)S(=O)(=O)c1ccc(C#N)nc1. The third kappa shape index (κ3) is 3.04. The van der Waals surface area contributed by atoms with Gasteiger partial charge in [-0.3, -0.25) is 0 Å². The van der Waals surface area contributed by atoms with Gasteiger partial charge in [-0.05, 0) is 26.0 Å². The van der Waals surface area contributed by atoms with Crippen LogP contribution in [0, 0.1) is 11.3 Å². The molecule has 0 fully saturated rings. The topological polar surface area (TPSA) is 94.3 Å². The first-order valence-electron chi connectivity index (χ1n) is 5.42. The summed E-state index contributed by atoms with van der Waals surface area (Å²) in [5.41, 5.74) is 0.159. The lowest BCUT2D eigenvalue weighted by molar-refractivity contribution is 0.236. The van der Waals surface area contributed by atoms with Crippen molar-refractivity contribution in [2.24, 2.45) is 0 Å². The maximum atomic E-state index is 12.3. The Hall–Kier alpha value is -1.49. The van der Waals surface area contributed by atoms with Crippen molar-refractivity contribution in [1.82, 2.24) is 9.29 Å². The number of aromatic nitrogens is 1. The maximum Gasteiger partial charge on any atom is 0.244 e. The van der Waals surface area contributed by atoms with Crippen LogP contribution in [0.25, 0.3) is 0 Å². The molecular weight excluding hydrogens is 254 g/mol. The third-order valence-electron chi connectivity index (χ3n) is 2.35. The lowest BCUT2D eigenvalue weighted by Gasteiger charge is -2.24. The predicted octanol–water partition coefficient (Wildman–Crippen LogP) is 0.345. The van der Waals surface area contributed by atoms with Crippen LogP contribution in [0.3, 0.4) is 0 Å². The zero-order chi connectivity index (χ0) is 13.8. The number of aliphatic hydroxyl groups excluding tert-OH is 1. The fourth-order valence-corrected chi connectivity index (χ4v) is 3.06. The van der Waals surface area contributed by atoms with Gasteiger partial charge in [0.1, 0.15) is 16.7 Å². The molecule has 1 aromatic heterocycles. The van der Waals surface area contributed by atoms with Gasteiger partial charge in [0.2, 0.25) is 10.0 Å². The molecule has 0 unspecified atom stereocenters. The van der Waals surface area contributed by atoms with Gasteiger partial charge in [-0.2, -0.15) is 9.57 Å². The quantitative estimate of drug-likeness (QED) is 0.832. The average Bonchev–Trinajstić information content (AvgIpc) is 2.35. The zero-order valence-corrected chi connectivity index (χ0v) is 11.1. The minimum atomic E-state index is -3.69. The van der Waals surface area contributed by atoms with Gasteiger partial charge in [0.05, 0.1) is 6.61 Å². The summed E-state index contributed by atoms with van der Waals surface area (Å²) in [5.74, 6) is 0. The van der Waals surface area contributed by atoms with E-state index in [2.05, 4.69) is 4.98 Å². The van der Waals surface area contributed by atoms with E-state index in [-0.39, 0.29) is 29.8 Å². The normalized spacial score (nSPS) is 11.8. The molecule has 1 heterocycles. The van der Waals surface area contributed by atoms with Crippen molar-refractivity contribution in [2.75, 3.05) is 13.2 Å². The fourth-order valence-electron chi connectivity index (χ4n) is 1.49. The second kappa shape index (κ2) is 5.91. The van der Waals surface area contributed by atoms with Gasteiger partial charge in [-0.1, -0.05) is 0 Å². The molecule has 0 bridgehead atoms. The number of nitrogens with zero attached hydrogens (tertiary/aromatic N) is 3. The number of rotatable bonds is 5. The summed E-state index contributed by atoms with van der Waals surface area (Å²) < 4.78 is 25.7. The first-order chi connectivity index (χ1) is 8.43. The second-order valence-corrected chi connectivity index (χ2v) is 5.81. The molecule has 6 nitrogen and oxygen atoms in total. The Labute approximate surface area is 107 Å². The molecule has 0 aliphatic heterocycles. The summed E-state index contributed by atoms with van der Waals surface area (Å²) in [6.07, 6.45) is 1.15. The van der Waals surface area contributed by atoms with E-state index in [1.165, 1.54) is 16.4 Å². The van der Waals surface area contributed by atoms with E-state index in [1.54, 1.807) is 13.8 Å². The molecule has 0 atom stereocenters. The van der Waals surface area contributed by atoms with Crippen LogP contribution in [0.4, 0.5) is 0 Å². The molecule has 1 rings (SSSR count). The standard InChI is InChI=1S/C11H15N3O3S/c1-9(2)14(5-6-15)18(16,17)11-4-3-10(7-12)13-8-11/h3-4,8-9,15H,5-6H2,1-2H3. The molecular formula is C11H15N3O3S. The average molecular weight is 269 g/mol. The maximum absolute atomic E-state index is 12.3. The highest BCUT2D eigenvalue weighted by atomic mass is 32.2. The number of hydrogen-bond donors (Lipinski definition) is 1. The molecule has 0 aliphatic rings. The Bertz CT molecular complexity index is 532. The molecule has 0 aliphatic carbocycles. The molecule has 7 heteroatoms. The lowest BCUT2D eigenvalue weighted by Crippen LogP contribution is -2.39. The highest BCUT2D eigenvalue weighted by molar-refractivity contribution is 7.89. The Balaban J connectivity index is 3.14. The van der Waals surface area contributed by atoms with E-state index in [9.17, 15) is 8.42 Å². The van der Waals surface area contributed by atoms with Gasteiger partial charge >= 0.3 is 0 Å². The summed E-state index contributed by atoms with van der Waals surface area (Å²) in [4.78, 5) is 3.75. The van der Waals surface area contributed by atoms with Gasteiger partial charge in [0.25, 0.3) is 0 Å². The molecule has 0 radical (unpaired) electrons. The third-order valence-corrected chi connectivity index (χ3v) is 4.41. The second-order valence-electron chi connectivity index (χ2n) is 3.92. The Morgan fingerprint density at radius 1 is 1.50 bits per heavy atom. The van der Waals surface area contributed by atoms with Crippen molar-refractivity contribution in [3.63, 3.8) is 0 Å². The van der Waals surface area contributed by atoms with E-state index in [4.69, 9.17) is 10.4 Å². The predicted molar refractivity (Wildman–Crippen MR) is 65.1 cm³/mol. The number of nitriles is 1. The first kappa shape index (κ1) is 14.6. The van der Waals surface area contributed by atoms with Crippen LogP contribution in [0.15, 0.2) is 23.2 Å². The molecule has 98 valence electrons. The first-order valence-corrected chi connectivity index (χ1v) is 6.86. The number of sulfonamides is 1.